The second kappa shape index (κ2) is 6.39. The zero-order valence-corrected chi connectivity index (χ0v) is 11.0. The van der Waals surface area contributed by atoms with E-state index < -0.39 is 11.9 Å². The van der Waals surface area contributed by atoms with E-state index in [2.05, 4.69) is 21.2 Å². The number of halogens is 1. The molecule has 0 aromatic heterocycles. The first kappa shape index (κ1) is 13.7. The Kier molecular flexibility index (Phi) is 5.15. The van der Waals surface area contributed by atoms with Crippen LogP contribution >= 0.6 is 15.9 Å². The molecule has 0 fully saturated rings. The molecule has 0 aliphatic carbocycles. The molecule has 4 nitrogen and oxygen atoms in total. The summed E-state index contributed by atoms with van der Waals surface area (Å²) in [6, 6.07) is 7.45. The van der Waals surface area contributed by atoms with Crippen molar-refractivity contribution in [3.05, 3.63) is 34.3 Å². The van der Waals surface area contributed by atoms with E-state index in [-0.39, 0.29) is 18.9 Å². The predicted molar refractivity (Wildman–Crippen MR) is 67.7 cm³/mol. The molecule has 0 bridgehead atoms. The van der Waals surface area contributed by atoms with Crippen molar-refractivity contribution < 1.29 is 14.7 Å². The number of hydrogen-bond acceptors (Lipinski definition) is 2. The Hall–Kier alpha value is -1.36. The van der Waals surface area contributed by atoms with Crippen LogP contribution in [0.3, 0.4) is 0 Å². The topological polar surface area (TPSA) is 66.4 Å². The van der Waals surface area contributed by atoms with Gasteiger partial charge in [0, 0.05) is 11.0 Å². The molecule has 1 aromatic carbocycles. The van der Waals surface area contributed by atoms with Crippen LogP contribution in [-0.2, 0) is 16.0 Å². The average Bonchev–Trinajstić information content (AvgIpc) is 2.25. The summed E-state index contributed by atoms with van der Waals surface area (Å²) < 4.78 is 0.918. The van der Waals surface area contributed by atoms with Crippen molar-refractivity contribution in [1.82, 2.24) is 5.32 Å². The van der Waals surface area contributed by atoms with E-state index in [0.29, 0.717) is 0 Å². The lowest BCUT2D eigenvalue weighted by atomic mass is 10.1. The number of carbonyl (C=O) groups excluding carboxylic acids is 1. The fourth-order valence-electron chi connectivity index (χ4n) is 1.25. The standard InChI is InChI=1S/C12H14BrNO3/c1-8(12(16)17)7-14-11(15)6-9-3-2-4-10(13)5-9/h2-5,8H,6-7H2,1H3,(H,14,15)(H,16,17). The van der Waals surface area contributed by atoms with Gasteiger partial charge in [-0.3, -0.25) is 9.59 Å². The third-order valence-corrected chi connectivity index (χ3v) is 2.77. The molecule has 92 valence electrons. The summed E-state index contributed by atoms with van der Waals surface area (Å²) in [5.41, 5.74) is 0.889. The van der Waals surface area contributed by atoms with Gasteiger partial charge in [-0.05, 0) is 17.7 Å². The maximum Gasteiger partial charge on any atom is 0.308 e. The van der Waals surface area contributed by atoms with Gasteiger partial charge in [0.2, 0.25) is 5.91 Å². The number of nitrogens with one attached hydrogen (secondary N) is 1. The SMILES string of the molecule is CC(CNC(=O)Cc1cccc(Br)c1)C(=O)O. The molecule has 1 amide bonds. The highest BCUT2D eigenvalue weighted by molar-refractivity contribution is 9.10. The predicted octanol–water partition coefficient (Wildman–Crippen LogP) is 1.83. The molecule has 0 aliphatic heterocycles. The van der Waals surface area contributed by atoms with Crippen molar-refractivity contribution in [2.45, 2.75) is 13.3 Å². The van der Waals surface area contributed by atoms with Gasteiger partial charge in [0.15, 0.2) is 0 Å². The molecular weight excluding hydrogens is 286 g/mol. The van der Waals surface area contributed by atoms with Gasteiger partial charge in [-0.2, -0.15) is 0 Å². The Morgan fingerprint density at radius 1 is 1.47 bits per heavy atom. The largest absolute Gasteiger partial charge is 0.481 e. The van der Waals surface area contributed by atoms with E-state index >= 15 is 0 Å². The Morgan fingerprint density at radius 3 is 2.76 bits per heavy atom. The molecule has 0 heterocycles. The zero-order chi connectivity index (χ0) is 12.8. The molecule has 0 saturated heterocycles. The lowest BCUT2D eigenvalue weighted by Crippen LogP contribution is -2.32. The first-order chi connectivity index (χ1) is 7.99. The second-order valence-corrected chi connectivity index (χ2v) is 4.77. The van der Waals surface area contributed by atoms with Crippen molar-refractivity contribution in [1.29, 1.82) is 0 Å². The number of rotatable bonds is 5. The van der Waals surface area contributed by atoms with Crippen LogP contribution in [0.2, 0.25) is 0 Å². The van der Waals surface area contributed by atoms with Crippen LogP contribution in [-0.4, -0.2) is 23.5 Å². The number of carboxylic acid groups (broad SMARTS) is 1. The highest BCUT2D eigenvalue weighted by atomic mass is 79.9. The molecule has 1 aromatic rings. The summed E-state index contributed by atoms with van der Waals surface area (Å²) in [5.74, 6) is -1.65. The summed E-state index contributed by atoms with van der Waals surface area (Å²) in [4.78, 5) is 22.1. The summed E-state index contributed by atoms with van der Waals surface area (Å²) >= 11 is 3.32. The first-order valence-corrected chi connectivity index (χ1v) is 6.02. The summed E-state index contributed by atoms with van der Waals surface area (Å²) in [5, 5.41) is 11.3. The van der Waals surface area contributed by atoms with Crippen molar-refractivity contribution in [3.8, 4) is 0 Å². The Balaban J connectivity index is 2.42. The third kappa shape index (κ3) is 4.99. The maximum absolute atomic E-state index is 11.5. The Morgan fingerprint density at radius 2 is 2.18 bits per heavy atom. The number of aliphatic carboxylic acids is 1. The van der Waals surface area contributed by atoms with Gasteiger partial charge >= 0.3 is 5.97 Å². The highest BCUT2D eigenvalue weighted by Gasteiger charge is 2.12. The van der Waals surface area contributed by atoms with Crippen LogP contribution in [0.5, 0.6) is 0 Å². The highest BCUT2D eigenvalue weighted by Crippen LogP contribution is 2.11. The molecular formula is C12H14BrNO3. The van der Waals surface area contributed by atoms with Gasteiger partial charge in [-0.15, -0.1) is 0 Å². The van der Waals surface area contributed by atoms with Gasteiger partial charge in [-0.25, -0.2) is 0 Å². The van der Waals surface area contributed by atoms with Gasteiger partial charge in [0.1, 0.15) is 0 Å². The van der Waals surface area contributed by atoms with Crippen LogP contribution < -0.4 is 5.32 Å². The Bertz CT molecular complexity index is 420. The number of benzene rings is 1. The van der Waals surface area contributed by atoms with Gasteiger partial charge in [0.25, 0.3) is 0 Å². The number of carboxylic acids is 1. The fourth-order valence-corrected chi connectivity index (χ4v) is 1.70. The molecule has 0 radical (unpaired) electrons. The molecule has 1 rings (SSSR count). The number of hydrogen-bond donors (Lipinski definition) is 2. The zero-order valence-electron chi connectivity index (χ0n) is 9.44. The molecule has 0 spiro atoms. The molecule has 1 unspecified atom stereocenters. The summed E-state index contributed by atoms with van der Waals surface area (Å²) in [6.07, 6.45) is 0.256. The molecule has 1 atom stereocenters. The molecule has 0 saturated carbocycles. The van der Waals surface area contributed by atoms with E-state index in [1.54, 1.807) is 6.92 Å². The van der Waals surface area contributed by atoms with Crippen LogP contribution in [0.1, 0.15) is 12.5 Å². The van der Waals surface area contributed by atoms with E-state index in [9.17, 15) is 9.59 Å². The minimum absolute atomic E-state index is 0.155. The van der Waals surface area contributed by atoms with Crippen molar-refractivity contribution >= 4 is 27.8 Å². The normalized spacial score (nSPS) is 11.9. The lowest BCUT2D eigenvalue weighted by Gasteiger charge is -2.08. The number of carbonyl (C=O) groups is 2. The Labute approximate surface area is 108 Å². The van der Waals surface area contributed by atoms with E-state index in [4.69, 9.17) is 5.11 Å². The summed E-state index contributed by atoms with van der Waals surface area (Å²) in [6.45, 7) is 1.71. The van der Waals surface area contributed by atoms with Crippen molar-refractivity contribution in [2.75, 3.05) is 6.54 Å². The first-order valence-electron chi connectivity index (χ1n) is 5.23. The van der Waals surface area contributed by atoms with Gasteiger partial charge in [0.05, 0.1) is 12.3 Å². The molecule has 17 heavy (non-hydrogen) atoms. The molecule has 5 heteroatoms. The number of amides is 1. The van der Waals surface area contributed by atoms with Gasteiger partial charge < -0.3 is 10.4 Å². The van der Waals surface area contributed by atoms with Crippen LogP contribution in [0, 0.1) is 5.92 Å². The quantitative estimate of drug-likeness (QED) is 0.872. The smallest absolute Gasteiger partial charge is 0.308 e. The minimum Gasteiger partial charge on any atom is -0.481 e. The van der Waals surface area contributed by atoms with E-state index in [1.807, 2.05) is 24.3 Å². The minimum atomic E-state index is -0.909. The maximum atomic E-state index is 11.5. The van der Waals surface area contributed by atoms with Crippen LogP contribution in [0.25, 0.3) is 0 Å². The monoisotopic (exact) mass is 299 g/mol. The van der Waals surface area contributed by atoms with Gasteiger partial charge in [-0.1, -0.05) is 35.0 Å². The van der Waals surface area contributed by atoms with Crippen molar-refractivity contribution in [3.63, 3.8) is 0 Å². The second-order valence-electron chi connectivity index (χ2n) is 3.85. The van der Waals surface area contributed by atoms with Crippen LogP contribution in [0.4, 0.5) is 0 Å². The van der Waals surface area contributed by atoms with E-state index in [1.165, 1.54) is 0 Å². The molecule has 2 N–H and O–H groups in total. The summed E-state index contributed by atoms with van der Waals surface area (Å²) in [7, 11) is 0. The average molecular weight is 300 g/mol. The lowest BCUT2D eigenvalue weighted by molar-refractivity contribution is -0.141. The fraction of sp³-hybridized carbons (Fsp3) is 0.333. The third-order valence-electron chi connectivity index (χ3n) is 2.28. The van der Waals surface area contributed by atoms with Crippen molar-refractivity contribution in [2.24, 2.45) is 5.92 Å². The van der Waals surface area contributed by atoms with Crippen LogP contribution in [0.15, 0.2) is 28.7 Å². The van der Waals surface area contributed by atoms with E-state index in [0.717, 1.165) is 10.0 Å². The molecule has 0 aliphatic rings.